The summed E-state index contributed by atoms with van der Waals surface area (Å²) in [4.78, 5) is 30.4. The molecule has 0 fully saturated rings. The topological polar surface area (TPSA) is 85.6 Å². The second-order valence-corrected chi connectivity index (χ2v) is 8.19. The average Bonchev–Trinajstić information content (AvgIpc) is 3.37. The van der Waals surface area contributed by atoms with E-state index in [4.69, 9.17) is 4.98 Å². The van der Waals surface area contributed by atoms with E-state index in [1.54, 1.807) is 12.5 Å². The number of fused-ring (bicyclic) bond motifs is 3. The molecule has 1 aromatic carbocycles. The maximum absolute atomic E-state index is 13.3. The Morgan fingerprint density at radius 3 is 2.90 bits per heavy atom. The maximum atomic E-state index is 13.3. The molecule has 0 aliphatic rings. The normalized spacial score (nSPS) is 12.4. The number of benzene rings is 1. The Morgan fingerprint density at radius 2 is 2.06 bits per heavy atom. The van der Waals surface area contributed by atoms with Crippen molar-refractivity contribution in [3.8, 4) is 10.6 Å². The molecular formula is C22H17FN6OS. The highest BCUT2D eigenvalue weighted by molar-refractivity contribution is 7.21. The first-order chi connectivity index (χ1) is 15.0. The van der Waals surface area contributed by atoms with Crippen molar-refractivity contribution in [1.29, 1.82) is 0 Å². The first-order valence-corrected chi connectivity index (χ1v) is 10.4. The monoisotopic (exact) mass is 432 g/mol. The smallest absolute Gasteiger partial charge is 0.251 e. The summed E-state index contributed by atoms with van der Waals surface area (Å²) >= 11 is 1.51. The summed E-state index contributed by atoms with van der Waals surface area (Å²) in [6.45, 7) is 1.88. The zero-order valence-corrected chi connectivity index (χ0v) is 17.5. The molecule has 4 heterocycles. The third-order valence-electron chi connectivity index (χ3n) is 5.07. The number of nitrogens with zero attached hydrogens (tertiary/aromatic N) is 5. The Kier molecular flexibility index (Phi) is 4.67. The number of rotatable bonds is 4. The van der Waals surface area contributed by atoms with Gasteiger partial charge in [0.25, 0.3) is 5.91 Å². The first kappa shape index (κ1) is 19.3. The van der Waals surface area contributed by atoms with Crippen LogP contribution in [0.3, 0.4) is 0 Å². The molecule has 0 saturated carbocycles. The number of aryl methyl sites for hydroxylation is 1. The molecule has 7 nitrogen and oxygen atoms in total. The minimum Gasteiger partial charge on any atom is -0.346 e. The molecule has 5 aromatic rings. The average molecular weight is 432 g/mol. The lowest BCUT2D eigenvalue weighted by molar-refractivity contribution is 0.0939. The number of thiazole rings is 1. The van der Waals surface area contributed by atoms with Crippen LogP contribution in [0.1, 0.15) is 28.9 Å². The van der Waals surface area contributed by atoms with Crippen molar-refractivity contribution >= 4 is 38.6 Å². The lowest BCUT2D eigenvalue weighted by Gasteiger charge is -2.15. The fourth-order valence-corrected chi connectivity index (χ4v) is 4.39. The second kappa shape index (κ2) is 7.51. The number of imidazole rings is 1. The Labute approximate surface area is 180 Å². The largest absolute Gasteiger partial charge is 0.346 e. The SMILES string of the molecule is C[C@H](NC(=O)c1ccnc(F)c1)c1cccc(-c2nc3c(ncc4ncn(C)c43)s2)c1. The summed E-state index contributed by atoms with van der Waals surface area (Å²) in [6.07, 6.45) is 4.79. The molecule has 5 rings (SSSR count). The predicted octanol–water partition coefficient (Wildman–Crippen LogP) is 4.27. The summed E-state index contributed by atoms with van der Waals surface area (Å²) in [5.41, 5.74) is 4.67. The number of hydrogen-bond donors (Lipinski definition) is 1. The van der Waals surface area contributed by atoms with Crippen LogP contribution in [0.5, 0.6) is 0 Å². The minimum atomic E-state index is -0.686. The molecular weight excluding hydrogens is 415 g/mol. The molecule has 9 heteroatoms. The number of halogens is 1. The summed E-state index contributed by atoms with van der Waals surface area (Å²) < 4.78 is 15.3. The van der Waals surface area contributed by atoms with Gasteiger partial charge in [0.2, 0.25) is 5.95 Å². The molecule has 0 bridgehead atoms. The molecule has 0 aliphatic carbocycles. The van der Waals surface area contributed by atoms with Crippen molar-refractivity contribution in [3.63, 3.8) is 0 Å². The van der Waals surface area contributed by atoms with E-state index in [1.165, 1.54) is 23.6 Å². The minimum absolute atomic E-state index is 0.230. The molecule has 1 atom stereocenters. The summed E-state index contributed by atoms with van der Waals surface area (Å²) in [5.74, 6) is -1.05. The molecule has 1 N–H and O–H groups in total. The molecule has 0 radical (unpaired) electrons. The van der Waals surface area contributed by atoms with Gasteiger partial charge in [0.05, 0.1) is 24.1 Å². The van der Waals surface area contributed by atoms with Crippen LogP contribution in [-0.4, -0.2) is 30.4 Å². The van der Waals surface area contributed by atoms with Crippen molar-refractivity contribution < 1.29 is 9.18 Å². The van der Waals surface area contributed by atoms with Crippen molar-refractivity contribution in [2.24, 2.45) is 7.05 Å². The third kappa shape index (κ3) is 3.53. The highest BCUT2D eigenvalue weighted by Gasteiger charge is 2.16. The Morgan fingerprint density at radius 1 is 1.19 bits per heavy atom. The van der Waals surface area contributed by atoms with E-state index in [9.17, 15) is 9.18 Å². The van der Waals surface area contributed by atoms with Gasteiger partial charge in [-0.2, -0.15) is 4.39 Å². The van der Waals surface area contributed by atoms with E-state index in [-0.39, 0.29) is 17.5 Å². The number of nitrogens with one attached hydrogen (secondary N) is 1. The molecule has 0 saturated heterocycles. The zero-order valence-electron chi connectivity index (χ0n) is 16.7. The summed E-state index contributed by atoms with van der Waals surface area (Å²) in [7, 11) is 1.94. The zero-order chi connectivity index (χ0) is 21.5. The molecule has 0 spiro atoms. The number of carbonyl (C=O) groups is 1. The second-order valence-electron chi connectivity index (χ2n) is 7.21. The summed E-state index contributed by atoms with van der Waals surface area (Å²) in [5, 5.41) is 3.74. The van der Waals surface area contributed by atoms with Crippen molar-refractivity contribution in [3.05, 3.63) is 72.2 Å². The van der Waals surface area contributed by atoms with E-state index in [1.807, 2.05) is 42.8 Å². The van der Waals surface area contributed by atoms with Crippen LogP contribution in [0.2, 0.25) is 0 Å². The molecule has 154 valence electrons. The van der Waals surface area contributed by atoms with E-state index in [2.05, 4.69) is 20.3 Å². The van der Waals surface area contributed by atoms with E-state index < -0.39 is 5.95 Å². The molecule has 4 aromatic heterocycles. The van der Waals surface area contributed by atoms with Crippen LogP contribution in [0, 0.1) is 5.95 Å². The van der Waals surface area contributed by atoms with Crippen LogP contribution in [-0.2, 0) is 7.05 Å². The van der Waals surface area contributed by atoms with Gasteiger partial charge >= 0.3 is 0 Å². The molecule has 0 aliphatic heterocycles. The Balaban J connectivity index is 1.45. The number of carbonyl (C=O) groups excluding carboxylic acids is 1. The lowest BCUT2D eigenvalue weighted by Crippen LogP contribution is -2.26. The highest BCUT2D eigenvalue weighted by Crippen LogP contribution is 2.33. The fraction of sp³-hybridized carbons (Fsp3) is 0.136. The van der Waals surface area contributed by atoms with E-state index >= 15 is 0 Å². The van der Waals surface area contributed by atoms with Gasteiger partial charge in [0.15, 0.2) is 0 Å². The number of aromatic nitrogens is 5. The van der Waals surface area contributed by atoms with Gasteiger partial charge in [-0.3, -0.25) is 4.79 Å². The molecule has 31 heavy (non-hydrogen) atoms. The lowest BCUT2D eigenvalue weighted by atomic mass is 10.0. The Hall–Kier alpha value is -3.72. The number of amides is 1. The van der Waals surface area contributed by atoms with Gasteiger partial charge in [0.1, 0.15) is 20.9 Å². The first-order valence-electron chi connectivity index (χ1n) is 9.59. The van der Waals surface area contributed by atoms with Gasteiger partial charge in [-0.1, -0.05) is 29.5 Å². The Bertz CT molecular complexity index is 1440. The van der Waals surface area contributed by atoms with Gasteiger partial charge in [-0.25, -0.2) is 19.9 Å². The van der Waals surface area contributed by atoms with Crippen molar-refractivity contribution in [2.75, 3.05) is 0 Å². The number of hydrogen-bond acceptors (Lipinski definition) is 6. The fourth-order valence-electron chi connectivity index (χ4n) is 3.48. The number of pyridine rings is 2. The maximum Gasteiger partial charge on any atom is 0.251 e. The van der Waals surface area contributed by atoms with Gasteiger partial charge in [-0.05, 0) is 24.6 Å². The highest BCUT2D eigenvalue weighted by atomic mass is 32.1. The van der Waals surface area contributed by atoms with Gasteiger partial charge in [0, 0.05) is 30.4 Å². The van der Waals surface area contributed by atoms with Gasteiger partial charge in [-0.15, -0.1) is 0 Å². The summed E-state index contributed by atoms with van der Waals surface area (Å²) in [6, 6.07) is 10.2. The van der Waals surface area contributed by atoms with Crippen LogP contribution in [0.25, 0.3) is 32.0 Å². The molecule has 1 amide bonds. The molecule has 0 unspecified atom stereocenters. The van der Waals surface area contributed by atoms with Gasteiger partial charge < -0.3 is 9.88 Å². The predicted molar refractivity (Wildman–Crippen MR) is 117 cm³/mol. The van der Waals surface area contributed by atoms with Crippen molar-refractivity contribution in [2.45, 2.75) is 13.0 Å². The van der Waals surface area contributed by atoms with E-state index in [0.29, 0.717) is 0 Å². The van der Waals surface area contributed by atoms with Crippen LogP contribution < -0.4 is 5.32 Å². The van der Waals surface area contributed by atoms with Crippen molar-refractivity contribution in [1.82, 2.24) is 29.8 Å². The quantitative estimate of drug-likeness (QED) is 0.429. The van der Waals surface area contributed by atoms with Crippen LogP contribution in [0.4, 0.5) is 4.39 Å². The van der Waals surface area contributed by atoms with E-state index in [0.717, 1.165) is 43.6 Å². The standard InChI is InChI=1S/C22H17FN6OS/c1-12(27-20(30)14-6-7-24-17(23)9-14)13-4-3-5-15(8-13)21-28-18-19-16(26-11-29(19)2)10-25-22(18)31-21/h3-12H,1-2H3,(H,27,30)/t12-/m0/s1. The third-order valence-corrected chi connectivity index (χ3v) is 6.09. The van der Waals surface area contributed by atoms with Crippen LogP contribution >= 0.6 is 11.3 Å². The van der Waals surface area contributed by atoms with Crippen LogP contribution in [0.15, 0.2) is 55.1 Å².